The number of alkyl halides is 3. The quantitative estimate of drug-likeness (QED) is 0.610. The van der Waals surface area contributed by atoms with Gasteiger partial charge in [-0.25, -0.2) is 9.78 Å². The number of benzene rings is 1. The second-order valence-corrected chi connectivity index (χ2v) is 6.08. The Labute approximate surface area is 160 Å². The molecule has 0 saturated heterocycles. The summed E-state index contributed by atoms with van der Waals surface area (Å²) in [7, 11) is 0. The lowest BCUT2D eigenvalue weighted by atomic mass is 10.3. The van der Waals surface area contributed by atoms with Gasteiger partial charge in [-0.2, -0.15) is 18.2 Å². The van der Waals surface area contributed by atoms with E-state index in [0.29, 0.717) is 6.01 Å². The predicted molar refractivity (Wildman–Crippen MR) is 95.5 cm³/mol. The molecule has 0 aliphatic carbocycles. The highest BCUT2D eigenvalue weighted by Gasteiger charge is 2.38. The Bertz CT molecular complexity index is 908. The van der Waals surface area contributed by atoms with Gasteiger partial charge in [0.15, 0.2) is 5.58 Å². The summed E-state index contributed by atoms with van der Waals surface area (Å²) in [5.41, 5.74) is 1.62. The van der Waals surface area contributed by atoms with Crippen molar-refractivity contribution in [3.8, 4) is 0 Å². The summed E-state index contributed by atoms with van der Waals surface area (Å²) in [5, 5.41) is 10.3. The van der Waals surface area contributed by atoms with Crippen molar-refractivity contribution in [1.82, 2.24) is 14.5 Å². The number of para-hydroxylation sites is 1. The zero-order valence-electron chi connectivity index (χ0n) is 14.1. The molecule has 0 radical (unpaired) electrons. The molecule has 7 nitrogen and oxygen atoms in total. The number of halogens is 4. The van der Waals surface area contributed by atoms with Crippen LogP contribution in [0.3, 0.4) is 0 Å². The molecule has 0 aliphatic rings. The molecular formula is C16H16BrF3N4O3. The first kappa shape index (κ1) is 20.7. The van der Waals surface area contributed by atoms with Crippen LogP contribution in [-0.4, -0.2) is 38.3 Å². The number of nitrogens with zero attached hydrogens (tertiary/aromatic N) is 3. The van der Waals surface area contributed by atoms with Crippen molar-refractivity contribution in [1.29, 1.82) is 0 Å². The normalized spacial score (nSPS) is 11.1. The van der Waals surface area contributed by atoms with Crippen LogP contribution in [0.25, 0.3) is 11.1 Å². The number of oxazole rings is 1. The Kier molecular flexibility index (Phi) is 6.83. The third kappa shape index (κ3) is 5.71. The highest BCUT2D eigenvalue weighted by atomic mass is 79.9. The zero-order valence-corrected chi connectivity index (χ0v) is 15.7. The number of carbonyl (C=O) groups is 1. The highest BCUT2D eigenvalue weighted by Crippen LogP contribution is 2.26. The van der Waals surface area contributed by atoms with Gasteiger partial charge in [0.05, 0.1) is 4.47 Å². The number of carboxylic acid groups (broad SMARTS) is 1. The number of rotatable bonds is 5. The SMILES string of the molecule is CCc1nccn1CCNc1nc2cccc(Br)c2o1.O=C(O)C(F)(F)F. The van der Waals surface area contributed by atoms with E-state index in [1.807, 2.05) is 30.6 Å². The van der Waals surface area contributed by atoms with E-state index >= 15 is 0 Å². The van der Waals surface area contributed by atoms with Crippen molar-refractivity contribution in [2.45, 2.75) is 26.1 Å². The molecule has 0 spiro atoms. The molecule has 0 saturated carbocycles. The lowest BCUT2D eigenvalue weighted by Gasteiger charge is -2.06. The Morgan fingerprint density at radius 1 is 1.41 bits per heavy atom. The molecule has 27 heavy (non-hydrogen) atoms. The van der Waals surface area contributed by atoms with E-state index in [1.165, 1.54) is 0 Å². The third-order valence-corrected chi connectivity index (χ3v) is 3.98. The van der Waals surface area contributed by atoms with Gasteiger partial charge in [0, 0.05) is 31.9 Å². The molecule has 0 fully saturated rings. The molecule has 1 aromatic carbocycles. The molecule has 3 rings (SSSR count). The molecular weight excluding hydrogens is 433 g/mol. The van der Waals surface area contributed by atoms with E-state index in [0.717, 1.165) is 40.9 Å². The Morgan fingerprint density at radius 2 is 2.11 bits per heavy atom. The lowest BCUT2D eigenvalue weighted by Crippen LogP contribution is -2.21. The van der Waals surface area contributed by atoms with Crippen molar-refractivity contribution in [2.75, 3.05) is 11.9 Å². The van der Waals surface area contributed by atoms with Crippen LogP contribution in [0.1, 0.15) is 12.7 Å². The first-order valence-electron chi connectivity index (χ1n) is 7.81. The number of fused-ring (bicyclic) bond motifs is 1. The number of imidazole rings is 1. The molecule has 0 aliphatic heterocycles. The standard InChI is InChI=1S/C14H15BrN4O.C2HF3O2/c1-2-12-16-6-8-19(12)9-7-17-14-18-11-5-3-4-10(15)13(11)20-14;3-2(4,5)1(6)7/h3-6,8H,2,7,9H2,1H3,(H,17,18);(H,6,7). The van der Waals surface area contributed by atoms with Gasteiger partial charge in [0.2, 0.25) is 0 Å². The van der Waals surface area contributed by atoms with Crippen molar-refractivity contribution in [3.05, 3.63) is 40.9 Å². The number of aryl methyl sites for hydroxylation is 1. The van der Waals surface area contributed by atoms with Crippen molar-refractivity contribution in [2.24, 2.45) is 0 Å². The maximum absolute atomic E-state index is 10.6. The summed E-state index contributed by atoms with van der Waals surface area (Å²) >= 11 is 3.45. The van der Waals surface area contributed by atoms with Gasteiger partial charge < -0.3 is 19.4 Å². The van der Waals surface area contributed by atoms with Crippen LogP contribution < -0.4 is 5.32 Å². The maximum Gasteiger partial charge on any atom is 0.490 e. The van der Waals surface area contributed by atoms with Gasteiger partial charge >= 0.3 is 12.1 Å². The molecule has 2 aromatic heterocycles. The largest absolute Gasteiger partial charge is 0.490 e. The predicted octanol–water partition coefficient (Wildman–Crippen LogP) is 4.09. The minimum absolute atomic E-state index is 0.546. The molecule has 3 aromatic rings. The van der Waals surface area contributed by atoms with Gasteiger partial charge in [0.1, 0.15) is 11.3 Å². The fourth-order valence-corrected chi connectivity index (χ4v) is 2.57. The van der Waals surface area contributed by atoms with Crippen molar-refractivity contribution >= 4 is 39.0 Å². The topological polar surface area (TPSA) is 93.2 Å². The van der Waals surface area contributed by atoms with E-state index in [2.05, 4.69) is 42.7 Å². The number of aliphatic carboxylic acids is 1. The molecule has 0 unspecified atom stereocenters. The van der Waals surface area contributed by atoms with Crippen LogP contribution in [-0.2, 0) is 17.8 Å². The molecule has 0 amide bonds. The fourth-order valence-electron chi connectivity index (χ4n) is 2.13. The molecule has 2 heterocycles. The third-order valence-electron chi connectivity index (χ3n) is 3.36. The van der Waals surface area contributed by atoms with Crippen molar-refractivity contribution < 1.29 is 27.5 Å². The van der Waals surface area contributed by atoms with Crippen LogP contribution in [0.2, 0.25) is 0 Å². The molecule has 0 bridgehead atoms. The minimum atomic E-state index is -5.08. The van der Waals surface area contributed by atoms with Gasteiger partial charge in [-0.1, -0.05) is 13.0 Å². The molecule has 11 heteroatoms. The van der Waals surface area contributed by atoms with Gasteiger partial charge in [-0.3, -0.25) is 0 Å². The van der Waals surface area contributed by atoms with Crippen molar-refractivity contribution in [3.63, 3.8) is 0 Å². The number of aromatic nitrogens is 3. The van der Waals surface area contributed by atoms with E-state index in [9.17, 15) is 13.2 Å². The second kappa shape index (κ2) is 8.89. The minimum Gasteiger partial charge on any atom is -0.475 e. The van der Waals surface area contributed by atoms with E-state index in [-0.39, 0.29) is 0 Å². The van der Waals surface area contributed by atoms with Gasteiger partial charge in [-0.05, 0) is 28.1 Å². The number of carboxylic acids is 1. The van der Waals surface area contributed by atoms with Gasteiger partial charge in [0.25, 0.3) is 6.01 Å². The second-order valence-electron chi connectivity index (χ2n) is 5.23. The monoisotopic (exact) mass is 448 g/mol. The first-order valence-corrected chi connectivity index (χ1v) is 8.60. The van der Waals surface area contributed by atoms with Crippen LogP contribution in [0, 0.1) is 0 Å². The smallest absolute Gasteiger partial charge is 0.475 e. The summed E-state index contributed by atoms with van der Waals surface area (Å²) in [6, 6.07) is 6.36. The number of anilines is 1. The molecule has 0 atom stereocenters. The average molecular weight is 449 g/mol. The Hall–Kier alpha value is -2.56. The lowest BCUT2D eigenvalue weighted by molar-refractivity contribution is -0.192. The summed E-state index contributed by atoms with van der Waals surface area (Å²) in [6.45, 7) is 3.68. The van der Waals surface area contributed by atoms with Crippen LogP contribution in [0.5, 0.6) is 0 Å². The van der Waals surface area contributed by atoms with Crippen LogP contribution in [0.4, 0.5) is 19.2 Å². The van der Waals surface area contributed by atoms with Crippen LogP contribution in [0.15, 0.2) is 39.5 Å². The summed E-state index contributed by atoms with van der Waals surface area (Å²) in [6.07, 6.45) is -0.332. The molecule has 146 valence electrons. The molecule has 2 N–H and O–H groups in total. The zero-order chi connectivity index (χ0) is 20.0. The van der Waals surface area contributed by atoms with E-state index in [1.54, 1.807) is 0 Å². The average Bonchev–Trinajstić information content (AvgIpc) is 3.21. The Morgan fingerprint density at radius 3 is 2.70 bits per heavy atom. The fraction of sp³-hybridized carbons (Fsp3) is 0.312. The van der Waals surface area contributed by atoms with Gasteiger partial charge in [-0.15, -0.1) is 0 Å². The van der Waals surface area contributed by atoms with Crippen LogP contribution >= 0.6 is 15.9 Å². The number of nitrogens with one attached hydrogen (secondary N) is 1. The number of hydrogen-bond donors (Lipinski definition) is 2. The van der Waals surface area contributed by atoms with E-state index < -0.39 is 12.1 Å². The summed E-state index contributed by atoms with van der Waals surface area (Å²) < 4.78 is 40.5. The summed E-state index contributed by atoms with van der Waals surface area (Å²) in [5.74, 6) is -1.67. The first-order chi connectivity index (χ1) is 12.7. The Balaban J connectivity index is 0.000000321. The van der Waals surface area contributed by atoms with E-state index in [4.69, 9.17) is 14.3 Å². The highest BCUT2D eigenvalue weighted by molar-refractivity contribution is 9.10. The summed E-state index contributed by atoms with van der Waals surface area (Å²) in [4.78, 5) is 17.6. The maximum atomic E-state index is 10.6. The number of hydrogen-bond acceptors (Lipinski definition) is 5.